The molecule has 2 heterocycles. The number of Topliss-reactive ketones (excluding diaryl/α,β-unsaturated/α-hetero) is 2. The lowest BCUT2D eigenvalue weighted by atomic mass is 9.97. The van der Waals surface area contributed by atoms with E-state index in [9.17, 15) is 9.59 Å². The van der Waals surface area contributed by atoms with Crippen LogP contribution >= 0.6 is 0 Å². The number of carbonyl (C=O) groups excluding carboxylic acids is 2. The van der Waals surface area contributed by atoms with Gasteiger partial charge in [-0.3, -0.25) is 19.6 Å². The average molecular weight is 332 g/mol. The highest BCUT2D eigenvalue weighted by molar-refractivity contribution is 6.21. The molecule has 4 nitrogen and oxygen atoms in total. The number of pyridine rings is 2. The Kier molecular flexibility index (Phi) is 5.62. The second-order valence-electron chi connectivity index (χ2n) is 6.01. The fourth-order valence-corrected chi connectivity index (χ4v) is 2.88. The van der Waals surface area contributed by atoms with E-state index in [4.69, 9.17) is 0 Å². The van der Waals surface area contributed by atoms with Crippen LogP contribution in [0.4, 0.5) is 0 Å². The molecule has 0 radical (unpaired) electrons. The summed E-state index contributed by atoms with van der Waals surface area (Å²) >= 11 is 0. The van der Waals surface area contributed by atoms with Gasteiger partial charge >= 0.3 is 0 Å². The first-order chi connectivity index (χ1) is 12.2. The molecule has 2 aromatic rings. The molecular formula is C21H20N2O2. The van der Waals surface area contributed by atoms with E-state index in [1.54, 1.807) is 24.7 Å². The third-order valence-corrected chi connectivity index (χ3v) is 4.21. The Morgan fingerprint density at radius 1 is 1.08 bits per heavy atom. The molecule has 0 bridgehead atoms. The Balaban J connectivity index is 1.70. The minimum absolute atomic E-state index is 0.0665. The monoisotopic (exact) mass is 332 g/mol. The Bertz CT molecular complexity index is 808. The highest BCUT2D eigenvalue weighted by Gasteiger charge is 2.20. The number of hydrogen-bond acceptors (Lipinski definition) is 4. The molecule has 0 aliphatic heterocycles. The minimum Gasteiger partial charge on any atom is -0.294 e. The largest absolute Gasteiger partial charge is 0.294 e. The van der Waals surface area contributed by atoms with Gasteiger partial charge in [0.25, 0.3) is 0 Å². The molecule has 0 N–H and O–H groups in total. The van der Waals surface area contributed by atoms with Crippen LogP contribution in [0.3, 0.4) is 0 Å². The fourth-order valence-electron chi connectivity index (χ4n) is 2.88. The van der Waals surface area contributed by atoms with Crippen molar-refractivity contribution in [3.05, 3.63) is 77.9 Å². The van der Waals surface area contributed by atoms with E-state index in [-0.39, 0.29) is 11.6 Å². The van der Waals surface area contributed by atoms with Crippen LogP contribution in [0.2, 0.25) is 0 Å². The van der Waals surface area contributed by atoms with E-state index in [1.165, 1.54) is 0 Å². The van der Waals surface area contributed by atoms with E-state index in [1.807, 2.05) is 36.4 Å². The number of allylic oxidation sites excluding steroid dienone is 4. The van der Waals surface area contributed by atoms with Crippen LogP contribution in [0.5, 0.6) is 0 Å². The Hall–Kier alpha value is -2.88. The first kappa shape index (κ1) is 17.0. The van der Waals surface area contributed by atoms with Crippen LogP contribution in [0.15, 0.2) is 66.6 Å². The Labute approximate surface area is 147 Å². The summed E-state index contributed by atoms with van der Waals surface area (Å²) in [6.07, 6.45) is 11.8. The van der Waals surface area contributed by atoms with Gasteiger partial charge in [-0.2, -0.15) is 0 Å². The summed E-state index contributed by atoms with van der Waals surface area (Å²) in [6.45, 7) is 0. The van der Waals surface area contributed by atoms with Crippen molar-refractivity contribution in [2.24, 2.45) is 0 Å². The predicted octanol–water partition coefficient (Wildman–Crippen LogP) is 3.74. The lowest BCUT2D eigenvalue weighted by Gasteiger charge is -2.06. The molecular weight excluding hydrogens is 312 g/mol. The minimum atomic E-state index is -0.0808. The molecule has 4 heteroatoms. The molecule has 0 unspecified atom stereocenters. The quantitative estimate of drug-likeness (QED) is 0.756. The number of ketones is 2. The van der Waals surface area contributed by atoms with Gasteiger partial charge in [-0.05, 0) is 60.7 Å². The Morgan fingerprint density at radius 3 is 2.68 bits per heavy atom. The molecule has 0 atom stereocenters. The summed E-state index contributed by atoms with van der Waals surface area (Å²) in [5.41, 5.74) is 3.18. The first-order valence-corrected chi connectivity index (χ1v) is 8.52. The van der Waals surface area contributed by atoms with E-state index in [0.717, 1.165) is 23.3 Å². The van der Waals surface area contributed by atoms with Gasteiger partial charge in [0, 0.05) is 37.1 Å². The standard InChI is InChI=1S/C21H20N2O2/c24-20-8-3-5-17(16-10-13-22-14-11-16)15-19(20)21(25)9-4-7-18-6-1-2-12-23-18/h1-2,5-6,10-15H,3-4,7-9H2. The summed E-state index contributed by atoms with van der Waals surface area (Å²) < 4.78 is 0. The number of hydrogen-bond donors (Lipinski definition) is 0. The van der Waals surface area contributed by atoms with Gasteiger partial charge in [0.15, 0.2) is 11.6 Å². The van der Waals surface area contributed by atoms with Gasteiger partial charge in [0.2, 0.25) is 0 Å². The van der Waals surface area contributed by atoms with Crippen LogP contribution in [-0.2, 0) is 16.0 Å². The lowest BCUT2D eigenvalue weighted by Crippen LogP contribution is -2.12. The van der Waals surface area contributed by atoms with E-state index in [2.05, 4.69) is 9.97 Å². The molecule has 1 aliphatic carbocycles. The van der Waals surface area contributed by atoms with Gasteiger partial charge in [0.1, 0.15) is 0 Å². The molecule has 0 fully saturated rings. The normalized spacial score (nSPS) is 14.5. The van der Waals surface area contributed by atoms with Crippen molar-refractivity contribution in [1.82, 2.24) is 9.97 Å². The third kappa shape index (κ3) is 4.57. The SMILES string of the molecule is O=C1CCC=C(c2ccncc2)C=C1C(=O)CCCc1ccccn1. The van der Waals surface area contributed by atoms with Crippen molar-refractivity contribution in [3.63, 3.8) is 0 Å². The highest BCUT2D eigenvalue weighted by Crippen LogP contribution is 2.24. The zero-order valence-electron chi connectivity index (χ0n) is 14.0. The summed E-state index contributed by atoms with van der Waals surface area (Å²) in [5.74, 6) is -0.147. The van der Waals surface area contributed by atoms with Crippen LogP contribution in [-0.4, -0.2) is 21.5 Å². The number of aryl methyl sites for hydroxylation is 1. The molecule has 2 aromatic heterocycles. The topological polar surface area (TPSA) is 59.9 Å². The first-order valence-electron chi connectivity index (χ1n) is 8.52. The molecule has 0 saturated carbocycles. The average Bonchev–Trinajstić information content (AvgIpc) is 2.85. The van der Waals surface area contributed by atoms with Crippen molar-refractivity contribution in [3.8, 4) is 0 Å². The van der Waals surface area contributed by atoms with Crippen molar-refractivity contribution in [2.45, 2.75) is 32.1 Å². The molecule has 0 spiro atoms. The van der Waals surface area contributed by atoms with Gasteiger partial charge in [-0.1, -0.05) is 12.1 Å². The molecule has 0 saturated heterocycles. The third-order valence-electron chi connectivity index (χ3n) is 4.21. The van der Waals surface area contributed by atoms with E-state index >= 15 is 0 Å². The van der Waals surface area contributed by atoms with Gasteiger partial charge in [-0.25, -0.2) is 0 Å². The van der Waals surface area contributed by atoms with Crippen LogP contribution in [0, 0.1) is 0 Å². The van der Waals surface area contributed by atoms with E-state index < -0.39 is 0 Å². The number of aromatic nitrogens is 2. The number of rotatable bonds is 6. The summed E-state index contributed by atoms with van der Waals surface area (Å²) in [4.78, 5) is 33.2. The van der Waals surface area contributed by atoms with Crippen molar-refractivity contribution in [2.75, 3.05) is 0 Å². The zero-order valence-corrected chi connectivity index (χ0v) is 14.0. The maximum absolute atomic E-state index is 12.6. The summed E-state index contributed by atoms with van der Waals surface area (Å²) in [7, 11) is 0. The van der Waals surface area contributed by atoms with Crippen LogP contribution in [0.1, 0.15) is 36.9 Å². The predicted molar refractivity (Wildman–Crippen MR) is 96.7 cm³/mol. The van der Waals surface area contributed by atoms with Crippen LogP contribution in [0.25, 0.3) is 5.57 Å². The van der Waals surface area contributed by atoms with Gasteiger partial charge < -0.3 is 0 Å². The Morgan fingerprint density at radius 2 is 1.92 bits per heavy atom. The molecule has 0 amide bonds. The molecule has 126 valence electrons. The second kappa shape index (κ2) is 8.29. The van der Waals surface area contributed by atoms with Crippen molar-refractivity contribution >= 4 is 17.1 Å². The van der Waals surface area contributed by atoms with E-state index in [0.29, 0.717) is 31.3 Å². The molecule has 3 rings (SSSR count). The highest BCUT2D eigenvalue weighted by atomic mass is 16.1. The fraction of sp³-hybridized carbons (Fsp3) is 0.238. The van der Waals surface area contributed by atoms with Crippen molar-refractivity contribution in [1.29, 1.82) is 0 Å². The molecule has 0 aromatic carbocycles. The molecule has 1 aliphatic rings. The maximum Gasteiger partial charge on any atom is 0.166 e. The van der Waals surface area contributed by atoms with Crippen molar-refractivity contribution < 1.29 is 9.59 Å². The lowest BCUT2D eigenvalue weighted by molar-refractivity contribution is -0.121. The second-order valence-corrected chi connectivity index (χ2v) is 6.01. The summed E-state index contributed by atoms with van der Waals surface area (Å²) in [5, 5.41) is 0. The smallest absolute Gasteiger partial charge is 0.166 e. The summed E-state index contributed by atoms with van der Waals surface area (Å²) in [6, 6.07) is 9.54. The van der Waals surface area contributed by atoms with Crippen LogP contribution < -0.4 is 0 Å². The van der Waals surface area contributed by atoms with Gasteiger partial charge in [0.05, 0.1) is 5.57 Å². The maximum atomic E-state index is 12.6. The number of carbonyl (C=O) groups is 2. The van der Waals surface area contributed by atoms with Gasteiger partial charge in [-0.15, -0.1) is 0 Å². The zero-order chi connectivity index (χ0) is 17.5. The molecule has 25 heavy (non-hydrogen) atoms. The number of nitrogens with zero attached hydrogens (tertiary/aromatic N) is 2.